The number of aromatic nitrogens is 1. The molecule has 0 radical (unpaired) electrons. The van der Waals surface area contributed by atoms with Crippen molar-refractivity contribution in [1.29, 1.82) is 0 Å². The van der Waals surface area contributed by atoms with Crippen molar-refractivity contribution in [3.8, 4) is 0 Å². The van der Waals surface area contributed by atoms with Crippen molar-refractivity contribution in [3.05, 3.63) is 58.7 Å². The minimum Gasteiger partial charge on any atom is -0.370 e. The van der Waals surface area contributed by atoms with Crippen LogP contribution in [0.25, 0.3) is 0 Å². The number of nitrogens with zero attached hydrogens (tertiary/aromatic N) is 2. The number of nitrogens with one attached hydrogen (secondary N) is 1. The highest BCUT2D eigenvalue weighted by Crippen LogP contribution is 2.12. The minimum atomic E-state index is 0.776. The molecule has 2 aromatic rings. The van der Waals surface area contributed by atoms with Gasteiger partial charge in [0.1, 0.15) is 5.82 Å². The van der Waals surface area contributed by atoms with Crippen LogP contribution in [0.3, 0.4) is 0 Å². The summed E-state index contributed by atoms with van der Waals surface area (Å²) in [5.74, 6) is 0.953. The van der Waals surface area contributed by atoms with E-state index in [0.717, 1.165) is 42.6 Å². The topological polar surface area (TPSA) is 28.2 Å². The van der Waals surface area contributed by atoms with E-state index in [-0.39, 0.29) is 0 Å². The van der Waals surface area contributed by atoms with Crippen molar-refractivity contribution in [2.45, 2.75) is 26.4 Å². The summed E-state index contributed by atoms with van der Waals surface area (Å²) in [5, 5.41) is 4.10. The maximum absolute atomic E-state index is 5.91. The summed E-state index contributed by atoms with van der Waals surface area (Å²) in [4.78, 5) is 6.88. The van der Waals surface area contributed by atoms with Crippen molar-refractivity contribution in [3.63, 3.8) is 0 Å². The summed E-state index contributed by atoms with van der Waals surface area (Å²) in [7, 11) is 2.10. The lowest BCUT2D eigenvalue weighted by Crippen LogP contribution is -2.18. The predicted octanol–water partition coefficient (Wildman–Crippen LogP) is 4.19. The first-order valence-electron chi connectivity index (χ1n) is 7.30. The lowest BCUT2D eigenvalue weighted by Gasteiger charge is -2.17. The Balaban J connectivity index is 1.92. The van der Waals surface area contributed by atoms with Crippen LogP contribution in [-0.2, 0) is 13.1 Å². The van der Waals surface area contributed by atoms with Crippen LogP contribution < -0.4 is 5.32 Å². The van der Waals surface area contributed by atoms with Gasteiger partial charge in [0.15, 0.2) is 0 Å². The monoisotopic (exact) mass is 303 g/mol. The zero-order chi connectivity index (χ0) is 15.1. The molecule has 0 saturated heterocycles. The third-order valence-electron chi connectivity index (χ3n) is 3.16. The van der Waals surface area contributed by atoms with Gasteiger partial charge in [0.2, 0.25) is 0 Å². The fourth-order valence-corrected chi connectivity index (χ4v) is 2.28. The smallest absolute Gasteiger partial charge is 0.126 e. The zero-order valence-electron chi connectivity index (χ0n) is 12.6. The lowest BCUT2D eigenvalue weighted by molar-refractivity contribution is 0.315. The molecule has 0 bridgehead atoms. The largest absolute Gasteiger partial charge is 0.370 e. The van der Waals surface area contributed by atoms with E-state index in [1.165, 1.54) is 5.56 Å². The Morgan fingerprint density at radius 3 is 2.57 bits per heavy atom. The van der Waals surface area contributed by atoms with E-state index < -0.39 is 0 Å². The highest BCUT2D eigenvalue weighted by molar-refractivity contribution is 6.30. The summed E-state index contributed by atoms with van der Waals surface area (Å²) < 4.78 is 0. The van der Waals surface area contributed by atoms with Gasteiger partial charge in [-0.25, -0.2) is 4.98 Å². The fraction of sp³-hybridized carbons (Fsp3) is 0.353. The minimum absolute atomic E-state index is 0.776. The Morgan fingerprint density at radius 1 is 1.10 bits per heavy atom. The Bertz CT molecular complexity index is 554. The SMILES string of the molecule is CCCNc1cccc(CN(C)Cc2ccc(Cl)cc2)n1. The molecule has 0 aliphatic heterocycles. The molecular formula is C17H22ClN3. The maximum atomic E-state index is 5.91. The number of pyridine rings is 1. The first kappa shape index (κ1) is 15.8. The molecule has 0 atom stereocenters. The Hall–Kier alpha value is -1.58. The molecular weight excluding hydrogens is 282 g/mol. The number of halogens is 1. The van der Waals surface area contributed by atoms with Crippen molar-refractivity contribution in [2.75, 3.05) is 18.9 Å². The van der Waals surface area contributed by atoms with Crippen LogP contribution in [0.1, 0.15) is 24.6 Å². The molecule has 0 aliphatic rings. The number of anilines is 1. The molecule has 21 heavy (non-hydrogen) atoms. The molecule has 0 aliphatic carbocycles. The summed E-state index contributed by atoms with van der Waals surface area (Å²) in [6.45, 7) is 4.81. The summed E-state index contributed by atoms with van der Waals surface area (Å²) in [6, 6.07) is 14.1. The van der Waals surface area contributed by atoms with Crippen molar-refractivity contribution in [2.24, 2.45) is 0 Å². The summed E-state index contributed by atoms with van der Waals surface area (Å²) in [5.41, 5.74) is 2.33. The number of hydrogen-bond acceptors (Lipinski definition) is 3. The third kappa shape index (κ3) is 5.37. The molecule has 0 saturated carbocycles. The second kappa shape index (κ2) is 8.01. The van der Waals surface area contributed by atoms with E-state index in [9.17, 15) is 0 Å². The predicted molar refractivity (Wildman–Crippen MR) is 89.6 cm³/mol. The van der Waals surface area contributed by atoms with Gasteiger partial charge in [-0.2, -0.15) is 0 Å². The van der Waals surface area contributed by atoms with Crippen LogP contribution in [0.4, 0.5) is 5.82 Å². The van der Waals surface area contributed by atoms with Gasteiger partial charge in [0.05, 0.1) is 5.69 Å². The van der Waals surface area contributed by atoms with Gasteiger partial charge in [-0.05, 0) is 43.3 Å². The average molecular weight is 304 g/mol. The highest BCUT2D eigenvalue weighted by atomic mass is 35.5. The van der Waals surface area contributed by atoms with Crippen LogP contribution >= 0.6 is 11.6 Å². The molecule has 1 N–H and O–H groups in total. The van der Waals surface area contributed by atoms with E-state index in [0.29, 0.717) is 0 Å². The molecule has 0 fully saturated rings. The van der Waals surface area contributed by atoms with Crippen LogP contribution in [0.15, 0.2) is 42.5 Å². The normalized spacial score (nSPS) is 10.9. The number of benzene rings is 1. The lowest BCUT2D eigenvalue weighted by atomic mass is 10.2. The van der Waals surface area contributed by atoms with Crippen LogP contribution in [0, 0.1) is 0 Å². The second-order valence-corrected chi connectivity index (χ2v) is 5.68. The van der Waals surface area contributed by atoms with Gasteiger partial charge in [-0.1, -0.05) is 36.7 Å². The van der Waals surface area contributed by atoms with Gasteiger partial charge >= 0.3 is 0 Å². The highest BCUT2D eigenvalue weighted by Gasteiger charge is 2.04. The van der Waals surface area contributed by atoms with E-state index in [1.807, 2.05) is 18.2 Å². The van der Waals surface area contributed by atoms with Crippen LogP contribution in [-0.4, -0.2) is 23.5 Å². The van der Waals surface area contributed by atoms with Gasteiger partial charge in [-0.3, -0.25) is 4.90 Å². The molecule has 1 aromatic heterocycles. The van der Waals surface area contributed by atoms with Gasteiger partial charge < -0.3 is 5.32 Å². The number of hydrogen-bond donors (Lipinski definition) is 1. The second-order valence-electron chi connectivity index (χ2n) is 5.24. The zero-order valence-corrected chi connectivity index (χ0v) is 13.4. The van der Waals surface area contributed by atoms with Crippen molar-refractivity contribution < 1.29 is 0 Å². The average Bonchev–Trinajstić information content (AvgIpc) is 2.48. The molecule has 0 amide bonds. The number of rotatable bonds is 7. The van der Waals surface area contributed by atoms with Crippen LogP contribution in [0.2, 0.25) is 5.02 Å². The van der Waals surface area contributed by atoms with Gasteiger partial charge in [0, 0.05) is 24.7 Å². The van der Waals surface area contributed by atoms with Gasteiger partial charge in [0.25, 0.3) is 0 Å². The summed E-state index contributed by atoms with van der Waals surface area (Å²) in [6.07, 6.45) is 1.10. The third-order valence-corrected chi connectivity index (χ3v) is 3.41. The molecule has 0 unspecified atom stereocenters. The Labute approximate surface area is 132 Å². The molecule has 3 nitrogen and oxygen atoms in total. The molecule has 2 rings (SSSR count). The van der Waals surface area contributed by atoms with Crippen molar-refractivity contribution >= 4 is 17.4 Å². The van der Waals surface area contributed by atoms with E-state index in [1.54, 1.807) is 0 Å². The maximum Gasteiger partial charge on any atom is 0.126 e. The van der Waals surface area contributed by atoms with Crippen LogP contribution in [0.5, 0.6) is 0 Å². The standard InChI is InChI=1S/C17H22ClN3/c1-3-11-19-17-6-4-5-16(20-17)13-21(2)12-14-7-9-15(18)10-8-14/h4-10H,3,11-13H2,1-2H3,(H,19,20). The molecule has 0 spiro atoms. The first-order valence-corrected chi connectivity index (χ1v) is 7.68. The van der Waals surface area contributed by atoms with E-state index >= 15 is 0 Å². The van der Waals surface area contributed by atoms with E-state index in [2.05, 4.69) is 53.4 Å². The first-order chi connectivity index (χ1) is 10.2. The molecule has 112 valence electrons. The molecule has 1 heterocycles. The van der Waals surface area contributed by atoms with E-state index in [4.69, 9.17) is 11.6 Å². The quantitative estimate of drug-likeness (QED) is 0.831. The molecule has 1 aromatic carbocycles. The van der Waals surface area contributed by atoms with Gasteiger partial charge in [-0.15, -0.1) is 0 Å². The molecule has 4 heteroatoms. The Morgan fingerprint density at radius 2 is 1.86 bits per heavy atom. The Kier molecular flexibility index (Phi) is 6.03. The fourth-order valence-electron chi connectivity index (χ4n) is 2.15. The summed E-state index contributed by atoms with van der Waals surface area (Å²) >= 11 is 5.91. The van der Waals surface area contributed by atoms with Crippen molar-refractivity contribution in [1.82, 2.24) is 9.88 Å².